The third kappa shape index (κ3) is 2.07. The van der Waals surface area contributed by atoms with Gasteiger partial charge in [0.25, 0.3) is 0 Å². The van der Waals surface area contributed by atoms with Crippen molar-refractivity contribution in [3.8, 4) is 17.3 Å². The van der Waals surface area contributed by atoms with Crippen molar-refractivity contribution in [2.45, 2.75) is 0 Å². The number of benzene rings is 1. The van der Waals surface area contributed by atoms with E-state index in [-0.39, 0.29) is 0 Å². The number of hydrogen-bond acceptors (Lipinski definition) is 3. The molecule has 2 rings (SSSR count). The summed E-state index contributed by atoms with van der Waals surface area (Å²) in [5, 5.41) is 0.665. The van der Waals surface area contributed by atoms with Gasteiger partial charge in [0.1, 0.15) is 0 Å². The minimum Gasteiger partial charge on any atom is -0.467 e. The Morgan fingerprint density at radius 1 is 1.20 bits per heavy atom. The third-order valence-corrected chi connectivity index (χ3v) is 2.30. The summed E-state index contributed by atoms with van der Waals surface area (Å²) in [5.41, 5.74) is 1.63. The number of nitrogens with zero attached hydrogens (tertiary/aromatic N) is 2. The Labute approximate surface area is 92.7 Å². The van der Waals surface area contributed by atoms with Gasteiger partial charge in [0.15, 0.2) is 0 Å². The summed E-state index contributed by atoms with van der Waals surface area (Å²) in [6.45, 7) is 0. The van der Waals surface area contributed by atoms with Gasteiger partial charge in [0.2, 0.25) is 0 Å². The monoisotopic (exact) mass is 220 g/mol. The van der Waals surface area contributed by atoms with Crippen LogP contribution < -0.4 is 4.74 Å². The van der Waals surface area contributed by atoms with E-state index in [1.165, 1.54) is 7.11 Å². The zero-order valence-electron chi connectivity index (χ0n) is 8.14. The van der Waals surface area contributed by atoms with Crippen molar-refractivity contribution in [2.24, 2.45) is 0 Å². The van der Waals surface area contributed by atoms with Crippen LogP contribution in [0.2, 0.25) is 5.02 Å². The molecule has 2 aromatic rings. The molecular formula is C11H9ClN2O. The predicted octanol–water partition coefficient (Wildman–Crippen LogP) is 2.81. The second kappa shape index (κ2) is 4.28. The molecule has 0 aliphatic heterocycles. The van der Waals surface area contributed by atoms with Gasteiger partial charge in [-0.05, 0) is 12.1 Å². The van der Waals surface area contributed by atoms with Gasteiger partial charge in [-0.3, -0.25) is 0 Å². The van der Waals surface area contributed by atoms with Gasteiger partial charge >= 0.3 is 6.01 Å². The van der Waals surface area contributed by atoms with Crippen LogP contribution in [0.4, 0.5) is 0 Å². The maximum atomic E-state index is 6.05. The normalized spacial score (nSPS) is 10.0. The highest BCUT2D eigenvalue weighted by molar-refractivity contribution is 6.33. The van der Waals surface area contributed by atoms with Crippen LogP contribution in [0, 0.1) is 0 Å². The Bertz CT molecular complexity index is 474. The number of hydrogen-bond donors (Lipinski definition) is 0. The van der Waals surface area contributed by atoms with Gasteiger partial charge in [-0.25, -0.2) is 4.98 Å². The molecule has 3 nitrogen and oxygen atoms in total. The van der Waals surface area contributed by atoms with Crippen LogP contribution in [0.15, 0.2) is 36.5 Å². The molecule has 1 aromatic heterocycles. The third-order valence-electron chi connectivity index (χ3n) is 1.97. The quantitative estimate of drug-likeness (QED) is 0.781. The fourth-order valence-electron chi connectivity index (χ4n) is 1.26. The highest BCUT2D eigenvalue weighted by Crippen LogP contribution is 2.26. The van der Waals surface area contributed by atoms with Gasteiger partial charge in [-0.1, -0.05) is 29.8 Å². The van der Waals surface area contributed by atoms with E-state index in [1.54, 1.807) is 12.3 Å². The van der Waals surface area contributed by atoms with Crippen LogP contribution >= 0.6 is 11.6 Å². The molecule has 0 saturated heterocycles. The summed E-state index contributed by atoms with van der Waals surface area (Å²) in [6.07, 6.45) is 1.64. The van der Waals surface area contributed by atoms with E-state index < -0.39 is 0 Å². The van der Waals surface area contributed by atoms with Crippen LogP contribution in [0.5, 0.6) is 6.01 Å². The molecule has 76 valence electrons. The summed E-state index contributed by atoms with van der Waals surface area (Å²) < 4.78 is 4.95. The van der Waals surface area contributed by atoms with Crippen molar-refractivity contribution in [3.05, 3.63) is 41.6 Å². The highest BCUT2D eigenvalue weighted by Gasteiger charge is 2.05. The SMILES string of the molecule is COc1nccc(-c2ccccc2Cl)n1. The standard InChI is InChI=1S/C11H9ClN2O/c1-15-11-13-7-6-10(14-11)8-4-2-3-5-9(8)12/h2-7H,1H3. The zero-order valence-corrected chi connectivity index (χ0v) is 8.90. The van der Waals surface area contributed by atoms with E-state index in [9.17, 15) is 0 Å². The molecule has 0 radical (unpaired) electrons. The maximum Gasteiger partial charge on any atom is 0.316 e. The minimum absolute atomic E-state index is 0.340. The summed E-state index contributed by atoms with van der Waals surface area (Å²) in [6, 6.07) is 9.66. The Hall–Kier alpha value is -1.61. The lowest BCUT2D eigenvalue weighted by Gasteiger charge is -2.04. The summed E-state index contributed by atoms with van der Waals surface area (Å²) in [4.78, 5) is 8.14. The molecule has 1 aromatic carbocycles. The van der Waals surface area contributed by atoms with Crippen LogP contribution in [0.3, 0.4) is 0 Å². The lowest BCUT2D eigenvalue weighted by Crippen LogP contribution is -1.93. The summed E-state index contributed by atoms with van der Waals surface area (Å²) in [5.74, 6) is 0. The van der Waals surface area contributed by atoms with E-state index in [4.69, 9.17) is 16.3 Å². The molecule has 4 heteroatoms. The van der Waals surface area contributed by atoms with Crippen molar-refractivity contribution >= 4 is 11.6 Å². The van der Waals surface area contributed by atoms with Crippen LogP contribution in [-0.4, -0.2) is 17.1 Å². The molecule has 0 fully saturated rings. The molecule has 0 unspecified atom stereocenters. The first-order chi connectivity index (χ1) is 7.31. The maximum absolute atomic E-state index is 6.05. The summed E-state index contributed by atoms with van der Waals surface area (Å²) >= 11 is 6.05. The van der Waals surface area contributed by atoms with E-state index in [0.29, 0.717) is 11.0 Å². The Morgan fingerprint density at radius 3 is 2.73 bits per heavy atom. The van der Waals surface area contributed by atoms with E-state index in [1.807, 2.05) is 24.3 Å². The molecule has 0 spiro atoms. The van der Waals surface area contributed by atoms with Crippen molar-refractivity contribution in [3.63, 3.8) is 0 Å². The Morgan fingerprint density at radius 2 is 2.00 bits per heavy atom. The van der Waals surface area contributed by atoms with Crippen molar-refractivity contribution in [2.75, 3.05) is 7.11 Å². The molecule has 0 bridgehead atoms. The zero-order chi connectivity index (χ0) is 10.7. The van der Waals surface area contributed by atoms with Crippen LogP contribution in [0.1, 0.15) is 0 Å². The molecule has 0 aliphatic rings. The van der Waals surface area contributed by atoms with E-state index in [0.717, 1.165) is 11.3 Å². The first-order valence-electron chi connectivity index (χ1n) is 4.43. The van der Waals surface area contributed by atoms with E-state index >= 15 is 0 Å². The average molecular weight is 221 g/mol. The van der Waals surface area contributed by atoms with E-state index in [2.05, 4.69) is 9.97 Å². The number of methoxy groups -OCH3 is 1. The molecule has 0 atom stereocenters. The van der Waals surface area contributed by atoms with Crippen LogP contribution in [-0.2, 0) is 0 Å². The Kier molecular flexibility index (Phi) is 2.83. The molecular weight excluding hydrogens is 212 g/mol. The largest absolute Gasteiger partial charge is 0.467 e. The lowest BCUT2D eigenvalue weighted by molar-refractivity contribution is 0.380. The average Bonchev–Trinajstić information content (AvgIpc) is 2.30. The predicted molar refractivity (Wildman–Crippen MR) is 59.0 cm³/mol. The lowest BCUT2D eigenvalue weighted by atomic mass is 10.1. The van der Waals surface area contributed by atoms with Gasteiger partial charge < -0.3 is 4.74 Å². The smallest absolute Gasteiger partial charge is 0.316 e. The first-order valence-corrected chi connectivity index (χ1v) is 4.81. The molecule has 15 heavy (non-hydrogen) atoms. The summed E-state index contributed by atoms with van der Waals surface area (Å²) in [7, 11) is 1.53. The highest BCUT2D eigenvalue weighted by atomic mass is 35.5. The fourth-order valence-corrected chi connectivity index (χ4v) is 1.49. The van der Waals surface area contributed by atoms with Gasteiger partial charge in [0, 0.05) is 16.8 Å². The van der Waals surface area contributed by atoms with Gasteiger partial charge in [0.05, 0.1) is 12.8 Å². The molecule has 1 heterocycles. The number of ether oxygens (including phenoxy) is 1. The Balaban J connectivity index is 2.49. The number of rotatable bonds is 2. The molecule has 0 N–H and O–H groups in total. The molecule has 0 aliphatic carbocycles. The van der Waals surface area contributed by atoms with Crippen molar-refractivity contribution < 1.29 is 4.74 Å². The van der Waals surface area contributed by atoms with Gasteiger partial charge in [-0.2, -0.15) is 4.98 Å². The molecule has 0 saturated carbocycles. The second-order valence-electron chi connectivity index (χ2n) is 2.91. The fraction of sp³-hybridized carbons (Fsp3) is 0.0909. The van der Waals surface area contributed by atoms with Crippen molar-refractivity contribution in [1.82, 2.24) is 9.97 Å². The van der Waals surface area contributed by atoms with Gasteiger partial charge in [-0.15, -0.1) is 0 Å². The first kappa shape index (κ1) is 9.93. The van der Waals surface area contributed by atoms with Crippen LogP contribution in [0.25, 0.3) is 11.3 Å². The van der Waals surface area contributed by atoms with Crippen molar-refractivity contribution in [1.29, 1.82) is 0 Å². The number of halogens is 1. The minimum atomic E-state index is 0.340. The molecule has 0 amide bonds. The topological polar surface area (TPSA) is 35.0 Å². The number of aromatic nitrogens is 2. The second-order valence-corrected chi connectivity index (χ2v) is 3.32.